The second-order valence-electron chi connectivity index (χ2n) is 6.11. The number of allylic oxidation sites excluding steroid dienone is 1. The maximum absolute atomic E-state index is 11.1. The number of hydrogen-bond donors (Lipinski definition) is 1. The van der Waals surface area contributed by atoms with E-state index in [0.29, 0.717) is 6.42 Å². The van der Waals surface area contributed by atoms with E-state index < -0.39 is 5.97 Å². The number of rotatable bonds is 6. The quantitative estimate of drug-likeness (QED) is 0.641. The largest absolute Gasteiger partial charge is 0.481 e. The van der Waals surface area contributed by atoms with E-state index in [9.17, 15) is 4.79 Å². The molecule has 1 aliphatic heterocycles. The van der Waals surface area contributed by atoms with Crippen LogP contribution in [0.1, 0.15) is 30.4 Å². The fourth-order valence-corrected chi connectivity index (χ4v) is 5.52. The van der Waals surface area contributed by atoms with Gasteiger partial charge in [0.15, 0.2) is 0 Å². The summed E-state index contributed by atoms with van der Waals surface area (Å²) in [4.78, 5) is 11.1. The number of aliphatic carboxylic acids is 1. The lowest BCUT2D eigenvalue weighted by atomic mass is 10.0. The summed E-state index contributed by atoms with van der Waals surface area (Å²) >= 11 is 3.70. The molecule has 0 amide bonds. The molecule has 3 nitrogen and oxygen atoms in total. The van der Waals surface area contributed by atoms with Crippen LogP contribution in [0.4, 0.5) is 0 Å². The molecule has 3 rings (SSSR count). The zero-order valence-corrected chi connectivity index (χ0v) is 16.4. The molecule has 26 heavy (non-hydrogen) atoms. The topological polar surface area (TPSA) is 46.5 Å². The number of aryl methyl sites for hydroxylation is 1. The number of hydrogen-bond acceptors (Lipinski definition) is 4. The number of carbonyl (C=O) groups is 1. The molecule has 0 spiro atoms. The van der Waals surface area contributed by atoms with E-state index in [-0.39, 0.29) is 6.42 Å². The Morgan fingerprint density at radius 2 is 1.81 bits per heavy atom. The van der Waals surface area contributed by atoms with Crippen LogP contribution in [0, 0.1) is 6.92 Å². The summed E-state index contributed by atoms with van der Waals surface area (Å²) in [6, 6.07) is 15.9. The Kier molecular flexibility index (Phi) is 6.69. The molecule has 0 aromatic heterocycles. The number of benzene rings is 2. The van der Waals surface area contributed by atoms with Crippen molar-refractivity contribution in [3.05, 3.63) is 63.9 Å². The van der Waals surface area contributed by atoms with Gasteiger partial charge in [0.2, 0.25) is 0 Å². The third-order valence-electron chi connectivity index (χ3n) is 4.08. The predicted molar refractivity (Wildman–Crippen MR) is 111 cm³/mol. The highest BCUT2D eigenvalue weighted by molar-refractivity contribution is 8.23. The molecule has 0 bridgehead atoms. The van der Waals surface area contributed by atoms with Gasteiger partial charge in [0.25, 0.3) is 0 Å². The lowest BCUT2D eigenvalue weighted by molar-refractivity contribution is -0.136. The van der Waals surface area contributed by atoms with Crippen molar-refractivity contribution in [1.29, 1.82) is 0 Å². The van der Waals surface area contributed by atoms with E-state index in [1.165, 1.54) is 10.7 Å². The lowest BCUT2D eigenvalue weighted by Crippen LogP contribution is -2.00. The molecule has 1 fully saturated rings. The smallest absolute Gasteiger partial charge is 0.303 e. The van der Waals surface area contributed by atoms with Crippen molar-refractivity contribution in [3.63, 3.8) is 0 Å². The fourth-order valence-electron chi connectivity index (χ4n) is 2.77. The molecule has 0 unspecified atom stereocenters. The van der Waals surface area contributed by atoms with Gasteiger partial charge in [0, 0.05) is 10.7 Å². The summed E-state index contributed by atoms with van der Waals surface area (Å²) in [6.07, 6.45) is 1.91. The molecule has 2 aromatic rings. The van der Waals surface area contributed by atoms with Crippen molar-refractivity contribution >= 4 is 35.1 Å². The normalized spacial score (nSPS) is 14.1. The summed E-state index contributed by atoms with van der Waals surface area (Å²) in [5.41, 5.74) is 3.29. The molecule has 1 saturated heterocycles. The molecule has 5 heteroatoms. The number of ether oxygens (including phenoxy) is 1. The number of carboxylic acids is 1. The highest BCUT2D eigenvalue weighted by Crippen LogP contribution is 2.42. The van der Waals surface area contributed by atoms with E-state index in [1.54, 1.807) is 0 Å². The SMILES string of the molecule is Cc1cc(C(CCC(=O)O)=C2SCCCS2)ccc1Oc1ccccc1. The molecule has 0 aliphatic carbocycles. The Morgan fingerprint density at radius 3 is 2.46 bits per heavy atom. The molecule has 1 aliphatic rings. The van der Waals surface area contributed by atoms with Crippen LogP contribution < -0.4 is 4.74 Å². The first-order valence-corrected chi connectivity index (χ1v) is 10.6. The molecular formula is C21H22O3S2. The third kappa shape index (κ3) is 5.08. The first-order valence-electron chi connectivity index (χ1n) is 8.68. The fraction of sp³-hybridized carbons (Fsp3) is 0.286. The van der Waals surface area contributed by atoms with Crippen molar-refractivity contribution in [2.75, 3.05) is 11.5 Å². The monoisotopic (exact) mass is 386 g/mol. The maximum atomic E-state index is 11.1. The predicted octanol–water partition coefficient (Wildman–Crippen LogP) is 6.19. The number of carboxylic acid groups (broad SMARTS) is 1. The standard InChI is InChI=1S/C21H22O3S2/c1-15-14-16(8-10-19(15)24-17-6-3-2-4-7-17)18(9-11-20(22)23)21-25-12-5-13-26-21/h2-4,6-8,10,14H,5,9,11-13H2,1H3,(H,22,23). The van der Waals surface area contributed by atoms with Gasteiger partial charge in [0.05, 0.1) is 0 Å². The van der Waals surface area contributed by atoms with Gasteiger partial charge in [-0.3, -0.25) is 4.79 Å². The van der Waals surface area contributed by atoms with E-state index in [1.807, 2.05) is 72.9 Å². The minimum absolute atomic E-state index is 0.154. The van der Waals surface area contributed by atoms with Crippen molar-refractivity contribution in [2.45, 2.75) is 26.2 Å². The first kappa shape index (κ1) is 18.9. The van der Waals surface area contributed by atoms with Crippen LogP contribution in [0.3, 0.4) is 0 Å². The lowest BCUT2D eigenvalue weighted by Gasteiger charge is -2.19. The summed E-state index contributed by atoms with van der Waals surface area (Å²) in [7, 11) is 0. The minimum atomic E-state index is -0.755. The van der Waals surface area contributed by atoms with Crippen molar-refractivity contribution in [1.82, 2.24) is 0 Å². The van der Waals surface area contributed by atoms with Crippen molar-refractivity contribution in [3.8, 4) is 11.5 Å². The van der Waals surface area contributed by atoms with Gasteiger partial charge >= 0.3 is 5.97 Å². The average molecular weight is 387 g/mol. The third-order valence-corrected chi connectivity index (χ3v) is 6.79. The van der Waals surface area contributed by atoms with Gasteiger partial charge in [-0.2, -0.15) is 0 Å². The van der Waals surface area contributed by atoms with Crippen LogP contribution in [0.5, 0.6) is 11.5 Å². The second-order valence-corrected chi connectivity index (χ2v) is 8.57. The van der Waals surface area contributed by atoms with Gasteiger partial charge in [-0.1, -0.05) is 24.3 Å². The number of para-hydroxylation sites is 1. The minimum Gasteiger partial charge on any atom is -0.481 e. The molecular weight excluding hydrogens is 364 g/mol. The zero-order chi connectivity index (χ0) is 18.4. The Labute approximate surface area is 162 Å². The van der Waals surface area contributed by atoms with E-state index in [0.717, 1.165) is 39.7 Å². The van der Waals surface area contributed by atoms with Crippen molar-refractivity contribution < 1.29 is 14.6 Å². The Morgan fingerprint density at radius 1 is 1.08 bits per heavy atom. The molecule has 1 N–H and O–H groups in total. The van der Waals surface area contributed by atoms with Crippen LogP contribution >= 0.6 is 23.5 Å². The molecule has 0 atom stereocenters. The van der Waals surface area contributed by atoms with E-state index in [2.05, 4.69) is 6.07 Å². The molecule has 0 radical (unpaired) electrons. The van der Waals surface area contributed by atoms with Crippen LogP contribution in [0.15, 0.2) is 52.8 Å². The first-order chi connectivity index (χ1) is 12.6. The van der Waals surface area contributed by atoms with E-state index >= 15 is 0 Å². The van der Waals surface area contributed by atoms with Gasteiger partial charge in [0.1, 0.15) is 11.5 Å². The summed E-state index contributed by atoms with van der Waals surface area (Å²) in [6.45, 7) is 2.03. The summed E-state index contributed by atoms with van der Waals surface area (Å²) < 4.78 is 7.24. The second kappa shape index (κ2) is 9.19. The maximum Gasteiger partial charge on any atom is 0.303 e. The number of thioether (sulfide) groups is 2. The van der Waals surface area contributed by atoms with Crippen LogP contribution in [-0.4, -0.2) is 22.6 Å². The van der Waals surface area contributed by atoms with Crippen molar-refractivity contribution in [2.24, 2.45) is 0 Å². The Balaban J connectivity index is 1.87. The molecule has 0 saturated carbocycles. The Hall–Kier alpha value is -1.85. The molecule has 2 aromatic carbocycles. The molecule has 1 heterocycles. The Bertz CT molecular complexity index is 792. The van der Waals surface area contributed by atoms with Gasteiger partial charge in [-0.05, 0) is 72.2 Å². The highest BCUT2D eigenvalue weighted by atomic mass is 32.2. The van der Waals surface area contributed by atoms with Gasteiger partial charge in [-0.15, -0.1) is 23.5 Å². The summed E-state index contributed by atoms with van der Waals surface area (Å²) in [5.74, 6) is 3.09. The average Bonchev–Trinajstić information content (AvgIpc) is 2.65. The summed E-state index contributed by atoms with van der Waals surface area (Å²) in [5, 5.41) is 9.11. The zero-order valence-electron chi connectivity index (χ0n) is 14.7. The van der Waals surface area contributed by atoms with E-state index in [4.69, 9.17) is 9.84 Å². The van der Waals surface area contributed by atoms with Gasteiger partial charge in [-0.25, -0.2) is 0 Å². The van der Waals surface area contributed by atoms with Crippen LogP contribution in [0.25, 0.3) is 5.57 Å². The van der Waals surface area contributed by atoms with Crippen LogP contribution in [0.2, 0.25) is 0 Å². The highest BCUT2D eigenvalue weighted by Gasteiger charge is 2.16. The van der Waals surface area contributed by atoms with Gasteiger partial charge < -0.3 is 9.84 Å². The molecule has 136 valence electrons. The van der Waals surface area contributed by atoms with Crippen LogP contribution in [-0.2, 0) is 4.79 Å².